The molecule has 1 aliphatic rings. The zero-order chi connectivity index (χ0) is 23.6. The van der Waals surface area contributed by atoms with Crippen molar-refractivity contribution in [2.24, 2.45) is 0 Å². The Kier molecular flexibility index (Phi) is 6.81. The minimum Gasteiger partial charge on any atom is -0.362 e. The Morgan fingerprint density at radius 1 is 1.25 bits per heavy atom. The van der Waals surface area contributed by atoms with Crippen LogP contribution in [0.2, 0.25) is 5.02 Å². The second-order valence-electron chi connectivity index (χ2n) is 8.89. The Morgan fingerprint density at radius 3 is 2.62 bits per heavy atom. The number of carbonyl (C=O) groups excluding carboxylic acids is 1. The summed E-state index contributed by atoms with van der Waals surface area (Å²) in [5.41, 5.74) is 6.77. The van der Waals surface area contributed by atoms with Crippen molar-refractivity contribution >= 4 is 40.5 Å². The van der Waals surface area contributed by atoms with E-state index < -0.39 is 5.91 Å². The molecule has 0 fully saturated rings. The number of allylic oxidation sites excluding steroid dienone is 1. The summed E-state index contributed by atoms with van der Waals surface area (Å²) in [7, 11) is 0. The van der Waals surface area contributed by atoms with Crippen LogP contribution in [-0.4, -0.2) is 18.0 Å². The molecule has 0 aromatic heterocycles. The Hall–Kier alpha value is -3.03. The van der Waals surface area contributed by atoms with Crippen LogP contribution in [0.3, 0.4) is 0 Å². The molecule has 0 unspecified atom stereocenters. The van der Waals surface area contributed by atoms with Crippen LogP contribution in [0.25, 0.3) is 11.6 Å². The van der Waals surface area contributed by atoms with Gasteiger partial charge in [-0.25, -0.2) is 0 Å². The molecule has 0 saturated carbocycles. The number of aryl methyl sites for hydroxylation is 1. The van der Waals surface area contributed by atoms with Gasteiger partial charge < -0.3 is 10.2 Å². The number of fused-ring (bicyclic) bond motifs is 1. The first-order valence-electron chi connectivity index (χ1n) is 10.9. The third kappa shape index (κ3) is 4.59. The molecule has 32 heavy (non-hydrogen) atoms. The second-order valence-corrected chi connectivity index (χ2v) is 9.30. The number of anilines is 2. The molecule has 3 rings (SSSR count). The molecule has 0 aliphatic carbocycles. The lowest BCUT2D eigenvalue weighted by molar-refractivity contribution is -0.112. The molecule has 1 N–H and O–H groups in total. The predicted molar refractivity (Wildman–Crippen MR) is 135 cm³/mol. The SMILES string of the molecule is CCCN1c2cc(C)c(/C=C(\C#N)C(=O)Nc3cccc(Cl)c3C)cc2C(C)=CC1(C)C. The fourth-order valence-electron chi connectivity index (χ4n) is 4.27. The average Bonchev–Trinajstić information content (AvgIpc) is 2.72. The van der Waals surface area contributed by atoms with E-state index in [2.05, 4.69) is 62.2 Å². The smallest absolute Gasteiger partial charge is 0.266 e. The van der Waals surface area contributed by atoms with E-state index in [0.29, 0.717) is 10.7 Å². The normalized spacial score (nSPS) is 15.0. The zero-order valence-electron chi connectivity index (χ0n) is 19.6. The maximum absolute atomic E-state index is 12.8. The molecule has 5 heteroatoms. The lowest BCUT2D eigenvalue weighted by Crippen LogP contribution is -2.45. The van der Waals surface area contributed by atoms with Gasteiger partial charge in [-0.05, 0) is 93.6 Å². The quantitative estimate of drug-likeness (QED) is 0.400. The van der Waals surface area contributed by atoms with Gasteiger partial charge in [0, 0.05) is 28.5 Å². The summed E-state index contributed by atoms with van der Waals surface area (Å²) < 4.78 is 0. The first-order chi connectivity index (χ1) is 15.1. The van der Waals surface area contributed by atoms with E-state index in [-0.39, 0.29) is 11.1 Å². The third-order valence-electron chi connectivity index (χ3n) is 5.99. The molecule has 1 heterocycles. The summed E-state index contributed by atoms with van der Waals surface area (Å²) in [6.45, 7) is 13.6. The van der Waals surface area contributed by atoms with Crippen molar-refractivity contribution in [2.75, 3.05) is 16.8 Å². The van der Waals surface area contributed by atoms with Crippen LogP contribution in [0.15, 0.2) is 42.0 Å². The highest BCUT2D eigenvalue weighted by Gasteiger charge is 2.31. The number of nitrogens with one attached hydrogen (secondary N) is 1. The molecule has 0 radical (unpaired) electrons. The van der Waals surface area contributed by atoms with Crippen LogP contribution >= 0.6 is 11.6 Å². The summed E-state index contributed by atoms with van der Waals surface area (Å²) >= 11 is 6.16. The highest BCUT2D eigenvalue weighted by molar-refractivity contribution is 6.31. The van der Waals surface area contributed by atoms with Crippen molar-refractivity contribution in [3.63, 3.8) is 0 Å². The van der Waals surface area contributed by atoms with E-state index in [9.17, 15) is 10.1 Å². The first kappa shape index (κ1) is 23.6. The van der Waals surface area contributed by atoms with Gasteiger partial charge >= 0.3 is 0 Å². The number of nitrogens with zero attached hydrogens (tertiary/aromatic N) is 2. The topological polar surface area (TPSA) is 56.1 Å². The van der Waals surface area contributed by atoms with Crippen LogP contribution in [0.4, 0.5) is 11.4 Å². The maximum atomic E-state index is 12.8. The van der Waals surface area contributed by atoms with Crippen LogP contribution in [0, 0.1) is 25.2 Å². The van der Waals surface area contributed by atoms with Gasteiger partial charge in [-0.3, -0.25) is 4.79 Å². The first-order valence-corrected chi connectivity index (χ1v) is 11.3. The number of nitriles is 1. The standard InChI is InChI=1S/C27H30ClN3O/c1-7-11-31-25-12-17(2)20(14-22(25)18(3)15-27(31,5)6)13-21(16-29)26(32)30-24-10-8-9-23(28)19(24)4/h8-10,12-15H,7,11H2,1-6H3,(H,30,32)/b21-13+. The minimum atomic E-state index is -0.448. The van der Waals surface area contributed by atoms with Crippen molar-refractivity contribution in [3.05, 3.63) is 69.3 Å². The molecular formula is C27H30ClN3O. The molecule has 0 spiro atoms. The number of halogens is 1. The van der Waals surface area contributed by atoms with Gasteiger partial charge in [-0.2, -0.15) is 5.26 Å². The molecule has 2 aromatic rings. The highest BCUT2D eigenvalue weighted by atomic mass is 35.5. The van der Waals surface area contributed by atoms with E-state index in [0.717, 1.165) is 35.2 Å². The van der Waals surface area contributed by atoms with Gasteiger partial charge in [0.25, 0.3) is 5.91 Å². The van der Waals surface area contributed by atoms with E-state index >= 15 is 0 Å². The predicted octanol–water partition coefficient (Wildman–Crippen LogP) is 6.91. The summed E-state index contributed by atoms with van der Waals surface area (Å²) in [5.74, 6) is -0.448. The second kappa shape index (κ2) is 9.22. The minimum absolute atomic E-state index is 0.0515. The Labute approximate surface area is 196 Å². The molecule has 0 bridgehead atoms. The molecule has 0 atom stereocenters. The van der Waals surface area contributed by atoms with Crippen LogP contribution < -0.4 is 10.2 Å². The average molecular weight is 448 g/mol. The molecular weight excluding hydrogens is 418 g/mol. The summed E-state index contributed by atoms with van der Waals surface area (Å²) in [4.78, 5) is 15.3. The van der Waals surface area contributed by atoms with E-state index in [1.165, 1.54) is 11.3 Å². The van der Waals surface area contributed by atoms with Gasteiger partial charge in [0.05, 0.1) is 5.54 Å². The van der Waals surface area contributed by atoms with Gasteiger partial charge in [0.15, 0.2) is 0 Å². The largest absolute Gasteiger partial charge is 0.362 e. The van der Waals surface area contributed by atoms with Crippen LogP contribution in [-0.2, 0) is 4.79 Å². The summed E-state index contributed by atoms with van der Waals surface area (Å²) in [5, 5.41) is 13.1. The number of hydrogen-bond acceptors (Lipinski definition) is 3. The molecule has 0 saturated heterocycles. The van der Waals surface area contributed by atoms with Crippen molar-refractivity contribution in [3.8, 4) is 6.07 Å². The number of carbonyl (C=O) groups is 1. The highest BCUT2D eigenvalue weighted by Crippen LogP contribution is 2.40. The van der Waals surface area contributed by atoms with E-state index in [1.807, 2.05) is 13.8 Å². The van der Waals surface area contributed by atoms with Gasteiger partial charge in [0.1, 0.15) is 11.6 Å². The van der Waals surface area contributed by atoms with Crippen molar-refractivity contribution in [1.82, 2.24) is 0 Å². The van der Waals surface area contributed by atoms with Crippen LogP contribution in [0.1, 0.15) is 56.4 Å². The third-order valence-corrected chi connectivity index (χ3v) is 6.40. The Bertz CT molecular complexity index is 1170. The van der Waals surface area contributed by atoms with Crippen molar-refractivity contribution < 1.29 is 4.79 Å². The van der Waals surface area contributed by atoms with Gasteiger partial charge in [-0.1, -0.05) is 30.7 Å². The zero-order valence-corrected chi connectivity index (χ0v) is 20.4. The van der Waals surface area contributed by atoms with Crippen molar-refractivity contribution in [2.45, 2.75) is 53.5 Å². The number of hydrogen-bond donors (Lipinski definition) is 1. The monoisotopic (exact) mass is 447 g/mol. The fourth-order valence-corrected chi connectivity index (χ4v) is 4.44. The van der Waals surface area contributed by atoms with Gasteiger partial charge in [-0.15, -0.1) is 0 Å². The molecule has 2 aromatic carbocycles. The number of amides is 1. The van der Waals surface area contributed by atoms with Crippen molar-refractivity contribution in [1.29, 1.82) is 5.26 Å². The fraction of sp³-hybridized carbons (Fsp3) is 0.333. The lowest BCUT2D eigenvalue weighted by Gasteiger charge is -2.43. The Morgan fingerprint density at radius 2 is 1.97 bits per heavy atom. The van der Waals surface area contributed by atoms with Crippen LogP contribution in [0.5, 0.6) is 0 Å². The molecule has 4 nitrogen and oxygen atoms in total. The number of benzene rings is 2. The molecule has 166 valence electrons. The summed E-state index contributed by atoms with van der Waals surface area (Å²) in [6.07, 6.45) is 5.01. The lowest BCUT2D eigenvalue weighted by atomic mass is 9.86. The Balaban J connectivity index is 2.01. The summed E-state index contributed by atoms with van der Waals surface area (Å²) in [6, 6.07) is 11.6. The van der Waals surface area contributed by atoms with E-state index in [4.69, 9.17) is 11.6 Å². The maximum Gasteiger partial charge on any atom is 0.266 e. The molecule has 1 aliphatic heterocycles. The number of rotatable bonds is 5. The van der Waals surface area contributed by atoms with E-state index in [1.54, 1.807) is 24.3 Å². The van der Waals surface area contributed by atoms with Gasteiger partial charge in [0.2, 0.25) is 0 Å². The molecule has 1 amide bonds.